The molecule has 3 aromatic rings. The Labute approximate surface area is 166 Å². The van der Waals surface area contributed by atoms with Gasteiger partial charge in [0, 0.05) is 0 Å². The van der Waals surface area contributed by atoms with E-state index in [0.29, 0.717) is 0 Å². The predicted molar refractivity (Wildman–Crippen MR) is 99.8 cm³/mol. The number of hydrogen-bond donors (Lipinski definition) is 0. The van der Waals surface area contributed by atoms with Crippen LogP contribution in [0.4, 0.5) is 17.6 Å². The van der Waals surface area contributed by atoms with Gasteiger partial charge in [-0.2, -0.15) is 0 Å². The van der Waals surface area contributed by atoms with Crippen LogP contribution in [0.15, 0.2) is 47.4 Å². The number of nitrogens with zero attached hydrogens (tertiary/aromatic N) is 1. The molecule has 0 unspecified atom stereocenters. The summed E-state index contributed by atoms with van der Waals surface area (Å²) in [4.78, 5) is -0.0479. The van der Waals surface area contributed by atoms with Crippen LogP contribution in [0.25, 0.3) is 10.9 Å². The van der Waals surface area contributed by atoms with Crippen LogP contribution in [0.5, 0.6) is 0 Å². The minimum absolute atomic E-state index is 0.0255. The summed E-state index contributed by atoms with van der Waals surface area (Å²) in [5.41, 5.74) is 0.872. The summed E-state index contributed by atoms with van der Waals surface area (Å²) in [7, 11) is -4.13. The first-order chi connectivity index (χ1) is 12.0. The minimum atomic E-state index is -4.49. The van der Waals surface area contributed by atoms with Gasteiger partial charge in [-0.25, -0.2) is 0 Å². The number of aryl methyl sites for hydroxylation is 1. The fraction of sp³-hybridized carbons (Fsp3) is 0.125. The first kappa shape index (κ1) is 19.7. The molecule has 0 saturated heterocycles. The zero-order valence-corrected chi connectivity index (χ0v) is 17.7. The van der Waals surface area contributed by atoms with Gasteiger partial charge in [-0.3, -0.25) is 0 Å². The molecule has 0 amide bonds. The van der Waals surface area contributed by atoms with E-state index in [1.807, 2.05) is 0 Å². The third-order valence-electron chi connectivity index (χ3n) is 3.56. The maximum atomic E-state index is 13.6. The second kappa shape index (κ2) is 6.81. The molecule has 0 spiro atoms. The predicted octanol–water partition coefficient (Wildman–Crippen LogP) is 3.78. The molecule has 0 saturated carbocycles. The summed E-state index contributed by atoms with van der Waals surface area (Å²) in [6.45, 7) is 1.79. The Morgan fingerprint density at radius 1 is 1.08 bits per heavy atom. The third kappa shape index (κ3) is 3.64. The van der Waals surface area contributed by atoms with Crippen LogP contribution in [0.3, 0.4) is 0 Å². The summed E-state index contributed by atoms with van der Waals surface area (Å²) in [6.07, 6.45) is 0. The average molecular weight is 562 g/mol. The number of alkyl halides is 3. The molecule has 0 fully saturated rings. The summed E-state index contributed by atoms with van der Waals surface area (Å²) in [5.74, 6) is -0.724. The van der Waals surface area contributed by atoms with Crippen LogP contribution in [0, 0.1) is 16.4 Å². The van der Waals surface area contributed by atoms with Crippen molar-refractivity contribution in [1.29, 1.82) is 0 Å². The zero-order valence-electron chi connectivity index (χ0n) is 13.0. The molecule has 3 rings (SSSR count). The van der Waals surface area contributed by atoms with E-state index in [1.54, 1.807) is 41.6 Å². The van der Waals surface area contributed by atoms with Crippen molar-refractivity contribution in [2.24, 2.45) is 0 Å². The number of benzene rings is 2. The fourth-order valence-electron chi connectivity index (χ4n) is 2.44. The summed E-state index contributed by atoms with van der Waals surface area (Å²) in [5, 5.41) is -4.53. The summed E-state index contributed by atoms with van der Waals surface area (Å²) in [6, 6.07) is 9.16. The Hall–Kier alpha value is -1.10. The third-order valence-corrected chi connectivity index (χ3v) is 9.24. The molecule has 1 aromatic heterocycles. The van der Waals surface area contributed by atoms with Crippen molar-refractivity contribution in [3.05, 3.63) is 57.5 Å². The standard InChI is InChI=1S/C16H10F4INO2SSe/c1-9-2-5-11(6-3-9)25(23,24)22-13-7-4-10(17)8-12(13)14(15(22)21)26-16(18,19)20/h2-8H,1H3. The molecule has 0 aliphatic carbocycles. The summed E-state index contributed by atoms with van der Waals surface area (Å²) < 4.78 is 79.2. The van der Waals surface area contributed by atoms with Crippen molar-refractivity contribution in [2.75, 3.05) is 0 Å². The molecule has 0 aliphatic rings. The van der Waals surface area contributed by atoms with Gasteiger partial charge in [-0.05, 0) is 0 Å². The Bertz CT molecular complexity index is 1090. The van der Waals surface area contributed by atoms with Crippen molar-refractivity contribution in [3.8, 4) is 0 Å². The SMILES string of the molecule is Cc1ccc(S(=O)(=O)n2c(I)c([Se]C(F)(F)F)c3cc(F)ccc32)cc1. The maximum absolute atomic E-state index is 13.6. The molecule has 10 heteroatoms. The van der Waals surface area contributed by atoms with Gasteiger partial charge in [0.25, 0.3) is 0 Å². The molecule has 2 aromatic carbocycles. The van der Waals surface area contributed by atoms with E-state index in [-0.39, 0.29) is 24.0 Å². The Morgan fingerprint density at radius 2 is 1.69 bits per heavy atom. The van der Waals surface area contributed by atoms with Crippen molar-refractivity contribution in [3.63, 3.8) is 0 Å². The number of rotatable bonds is 3. The number of halogens is 5. The van der Waals surface area contributed by atoms with E-state index >= 15 is 0 Å². The van der Waals surface area contributed by atoms with E-state index in [0.717, 1.165) is 21.7 Å². The van der Waals surface area contributed by atoms with Crippen LogP contribution < -0.4 is 4.46 Å². The van der Waals surface area contributed by atoms with E-state index in [1.165, 1.54) is 18.2 Å². The second-order valence-electron chi connectivity index (χ2n) is 5.41. The number of aromatic nitrogens is 1. The number of fused-ring (bicyclic) bond motifs is 1. The van der Waals surface area contributed by atoms with Crippen molar-refractivity contribution in [1.82, 2.24) is 3.97 Å². The quantitative estimate of drug-likeness (QED) is 0.277. The summed E-state index contributed by atoms with van der Waals surface area (Å²) >= 11 is -0.429. The van der Waals surface area contributed by atoms with Crippen LogP contribution in [-0.4, -0.2) is 32.4 Å². The molecule has 0 atom stereocenters. The van der Waals surface area contributed by atoms with Crippen molar-refractivity contribution in [2.45, 2.75) is 16.9 Å². The van der Waals surface area contributed by atoms with Gasteiger partial charge in [0.2, 0.25) is 0 Å². The van der Waals surface area contributed by atoms with E-state index < -0.39 is 35.9 Å². The van der Waals surface area contributed by atoms with Crippen molar-refractivity contribution < 1.29 is 26.0 Å². The second-order valence-corrected chi connectivity index (χ2v) is 10.5. The molecule has 138 valence electrons. The molecule has 1 heterocycles. The van der Waals surface area contributed by atoms with E-state index in [4.69, 9.17) is 0 Å². The van der Waals surface area contributed by atoms with Gasteiger partial charge >= 0.3 is 167 Å². The Kier molecular flexibility index (Phi) is 5.15. The van der Waals surface area contributed by atoms with Crippen molar-refractivity contribution >= 4 is 62.9 Å². The molecule has 0 radical (unpaired) electrons. The van der Waals surface area contributed by atoms with Crippen LogP contribution in [-0.2, 0) is 10.0 Å². The van der Waals surface area contributed by atoms with Crippen LogP contribution >= 0.6 is 22.6 Å². The fourth-order valence-corrected chi connectivity index (χ4v) is 7.31. The molecule has 26 heavy (non-hydrogen) atoms. The van der Waals surface area contributed by atoms with Gasteiger partial charge in [-0.1, -0.05) is 0 Å². The molecule has 0 N–H and O–H groups in total. The monoisotopic (exact) mass is 563 g/mol. The molecule has 3 nitrogen and oxygen atoms in total. The normalized spacial score (nSPS) is 12.7. The molecular weight excluding hydrogens is 552 g/mol. The van der Waals surface area contributed by atoms with Gasteiger partial charge in [-0.15, -0.1) is 0 Å². The van der Waals surface area contributed by atoms with E-state index in [9.17, 15) is 26.0 Å². The topological polar surface area (TPSA) is 39.1 Å². The molecule has 0 aliphatic heterocycles. The average Bonchev–Trinajstić information content (AvgIpc) is 2.79. The van der Waals surface area contributed by atoms with Gasteiger partial charge < -0.3 is 0 Å². The zero-order chi connectivity index (χ0) is 19.3. The van der Waals surface area contributed by atoms with Gasteiger partial charge in [0.05, 0.1) is 0 Å². The van der Waals surface area contributed by atoms with E-state index in [2.05, 4.69) is 0 Å². The van der Waals surface area contributed by atoms with Crippen LogP contribution in [0.2, 0.25) is 0 Å². The Balaban J connectivity index is 2.33. The first-order valence-electron chi connectivity index (χ1n) is 7.08. The van der Waals surface area contributed by atoms with Gasteiger partial charge in [0.1, 0.15) is 0 Å². The first-order valence-corrected chi connectivity index (χ1v) is 11.3. The number of hydrogen-bond acceptors (Lipinski definition) is 2. The molecular formula is C16H10F4INO2SSe. The van der Waals surface area contributed by atoms with Crippen LogP contribution in [0.1, 0.15) is 5.56 Å². The molecule has 0 bridgehead atoms. The Morgan fingerprint density at radius 3 is 2.27 bits per heavy atom. The van der Waals surface area contributed by atoms with Gasteiger partial charge in [0.15, 0.2) is 0 Å².